The molecule has 0 bridgehead atoms. The van der Waals surface area contributed by atoms with E-state index in [0.717, 1.165) is 23.3 Å². The maximum absolute atomic E-state index is 3.85. The summed E-state index contributed by atoms with van der Waals surface area (Å²) >= 11 is 2.13. The van der Waals surface area contributed by atoms with E-state index in [9.17, 15) is 0 Å². The van der Waals surface area contributed by atoms with Crippen LogP contribution in [0.2, 0.25) is 0 Å². The van der Waals surface area contributed by atoms with Crippen LogP contribution in [0, 0.1) is 5.92 Å². The van der Waals surface area contributed by atoms with Crippen molar-refractivity contribution in [2.45, 2.75) is 63.3 Å². The Bertz CT molecular complexity index is 179. The van der Waals surface area contributed by atoms with Gasteiger partial charge in [-0.25, -0.2) is 0 Å². The van der Waals surface area contributed by atoms with Crippen LogP contribution in [-0.2, 0) is 0 Å². The third-order valence-corrected chi connectivity index (χ3v) is 4.83. The summed E-state index contributed by atoms with van der Waals surface area (Å²) in [5.41, 5.74) is 0. The molecule has 1 aliphatic heterocycles. The number of hydrogen-bond acceptors (Lipinski definition) is 2. The fourth-order valence-electron chi connectivity index (χ4n) is 2.38. The lowest BCUT2D eigenvalue weighted by Crippen LogP contribution is -2.38. The molecule has 2 aliphatic rings. The molecular weight excluding hydrogens is 190 g/mol. The molecule has 3 atom stereocenters. The van der Waals surface area contributed by atoms with Crippen LogP contribution >= 0.6 is 11.8 Å². The van der Waals surface area contributed by atoms with Crippen LogP contribution in [0.5, 0.6) is 0 Å². The molecule has 2 heteroatoms. The highest BCUT2D eigenvalue weighted by Crippen LogP contribution is 2.34. The van der Waals surface area contributed by atoms with E-state index in [0.29, 0.717) is 0 Å². The lowest BCUT2D eigenvalue weighted by molar-refractivity contribution is 0.396. The van der Waals surface area contributed by atoms with Crippen LogP contribution in [0.3, 0.4) is 0 Å². The summed E-state index contributed by atoms with van der Waals surface area (Å²) in [5.74, 6) is 2.40. The van der Waals surface area contributed by atoms with Gasteiger partial charge in [0, 0.05) is 23.1 Å². The van der Waals surface area contributed by atoms with Gasteiger partial charge in [-0.1, -0.05) is 26.7 Å². The van der Waals surface area contributed by atoms with E-state index in [1.54, 1.807) is 0 Å². The summed E-state index contributed by atoms with van der Waals surface area (Å²) in [7, 11) is 0. The Balaban J connectivity index is 1.70. The molecule has 82 valence electrons. The quantitative estimate of drug-likeness (QED) is 0.753. The van der Waals surface area contributed by atoms with Crippen molar-refractivity contribution in [3.63, 3.8) is 0 Å². The zero-order chi connectivity index (χ0) is 9.97. The van der Waals surface area contributed by atoms with Crippen LogP contribution in [-0.4, -0.2) is 23.1 Å². The smallest absolute Gasteiger partial charge is 0.0171 e. The van der Waals surface area contributed by atoms with Crippen molar-refractivity contribution in [2.24, 2.45) is 5.92 Å². The first-order chi connectivity index (χ1) is 6.78. The van der Waals surface area contributed by atoms with Crippen molar-refractivity contribution in [1.29, 1.82) is 0 Å². The van der Waals surface area contributed by atoms with E-state index in [4.69, 9.17) is 0 Å². The van der Waals surface area contributed by atoms with Gasteiger partial charge in [0.1, 0.15) is 0 Å². The zero-order valence-corrected chi connectivity index (χ0v) is 10.3. The maximum Gasteiger partial charge on any atom is 0.0171 e. The number of hydrogen-bond donors (Lipinski definition) is 1. The van der Waals surface area contributed by atoms with E-state index in [-0.39, 0.29) is 0 Å². The number of nitrogens with one attached hydrogen (secondary N) is 1. The molecule has 1 saturated heterocycles. The molecule has 1 nitrogen and oxygen atoms in total. The van der Waals surface area contributed by atoms with E-state index in [1.165, 1.54) is 37.9 Å². The standard InChI is InChI=1S/C12H23NS/c1-3-11(7-10-4-5-10)13-12-6-9(2)14-8-12/h9-13H,3-8H2,1-2H3. The van der Waals surface area contributed by atoms with Gasteiger partial charge in [0.2, 0.25) is 0 Å². The van der Waals surface area contributed by atoms with Gasteiger partial charge in [0.05, 0.1) is 0 Å². The highest BCUT2D eigenvalue weighted by molar-refractivity contribution is 8.00. The Morgan fingerprint density at radius 3 is 2.71 bits per heavy atom. The van der Waals surface area contributed by atoms with Gasteiger partial charge in [-0.15, -0.1) is 0 Å². The summed E-state index contributed by atoms with van der Waals surface area (Å²) in [4.78, 5) is 0. The molecule has 0 aromatic carbocycles. The monoisotopic (exact) mass is 213 g/mol. The first-order valence-electron chi connectivity index (χ1n) is 6.15. The predicted molar refractivity (Wildman–Crippen MR) is 64.9 cm³/mol. The molecule has 0 aromatic heterocycles. The Morgan fingerprint density at radius 1 is 1.43 bits per heavy atom. The Morgan fingerprint density at radius 2 is 2.21 bits per heavy atom. The molecule has 1 N–H and O–H groups in total. The SMILES string of the molecule is CCC(CC1CC1)NC1CSC(C)C1. The van der Waals surface area contributed by atoms with Crippen molar-refractivity contribution >= 4 is 11.8 Å². The van der Waals surface area contributed by atoms with Crippen LogP contribution < -0.4 is 5.32 Å². The summed E-state index contributed by atoms with van der Waals surface area (Å²) in [5, 5.41) is 4.73. The molecule has 1 heterocycles. The summed E-state index contributed by atoms with van der Waals surface area (Å²) < 4.78 is 0. The van der Waals surface area contributed by atoms with Gasteiger partial charge in [-0.2, -0.15) is 11.8 Å². The lowest BCUT2D eigenvalue weighted by Gasteiger charge is -2.21. The molecule has 2 fully saturated rings. The van der Waals surface area contributed by atoms with Crippen LogP contribution in [0.25, 0.3) is 0 Å². The minimum atomic E-state index is 0.804. The van der Waals surface area contributed by atoms with Gasteiger partial charge in [0.15, 0.2) is 0 Å². The van der Waals surface area contributed by atoms with Gasteiger partial charge in [0.25, 0.3) is 0 Å². The van der Waals surface area contributed by atoms with Crippen molar-refractivity contribution in [3.05, 3.63) is 0 Å². The fourth-order valence-corrected chi connectivity index (χ4v) is 3.54. The van der Waals surface area contributed by atoms with Crippen LogP contribution in [0.4, 0.5) is 0 Å². The van der Waals surface area contributed by atoms with Gasteiger partial charge in [-0.05, 0) is 25.2 Å². The summed E-state index contributed by atoms with van der Waals surface area (Å²) in [6, 6.07) is 1.61. The van der Waals surface area contributed by atoms with Gasteiger partial charge < -0.3 is 5.32 Å². The lowest BCUT2D eigenvalue weighted by atomic mass is 10.1. The summed E-state index contributed by atoms with van der Waals surface area (Å²) in [6.07, 6.45) is 7.12. The first kappa shape index (κ1) is 10.8. The molecule has 0 aromatic rings. The third kappa shape index (κ3) is 3.16. The second-order valence-electron chi connectivity index (χ2n) is 5.03. The topological polar surface area (TPSA) is 12.0 Å². The van der Waals surface area contributed by atoms with Crippen molar-refractivity contribution < 1.29 is 0 Å². The molecule has 0 spiro atoms. The van der Waals surface area contributed by atoms with E-state index in [1.807, 2.05) is 0 Å². The molecule has 14 heavy (non-hydrogen) atoms. The average Bonchev–Trinajstić information content (AvgIpc) is 2.89. The third-order valence-electron chi connectivity index (χ3n) is 3.48. The second-order valence-corrected chi connectivity index (χ2v) is 6.50. The zero-order valence-electron chi connectivity index (χ0n) is 9.46. The molecule has 0 amide bonds. The minimum Gasteiger partial charge on any atom is -0.310 e. The van der Waals surface area contributed by atoms with E-state index >= 15 is 0 Å². The second kappa shape index (κ2) is 4.89. The minimum absolute atomic E-state index is 0.804. The highest BCUT2D eigenvalue weighted by Gasteiger charge is 2.28. The average molecular weight is 213 g/mol. The fraction of sp³-hybridized carbons (Fsp3) is 1.00. The Labute approximate surface area is 92.4 Å². The predicted octanol–water partition coefficient (Wildman–Crippen LogP) is 3.05. The largest absolute Gasteiger partial charge is 0.310 e. The van der Waals surface area contributed by atoms with Crippen molar-refractivity contribution in [2.75, 3.05) is 5.75 Å². The number of thioether (sulfide) groups is 1. The molecule has 2 rings (SSSR count). The van der Waals surface area contributed by atoms with Gasteiger partial charge >= 0.3 is 0 Å². The van der Waals surface area contributed by atoms with Crippen LogP contribution in [0.15, 0.2) is 0 Å². The van der Waals surface area contributed by atoms with Crippen LogP contribution in [0.1, 0.15) is 46.0 Å². The highest BCUT2D eigenvalue weighted by atomic mass is 32.2. The molecule has 1 saturated carbocycles. The summed E-state index contributed by atoms with van der Waals surface area (Å²) in [6.45, 7) is 4.68. The maximum atomic E-state index is 3.85. The molecule has 1 aliphatic carbocycles. The Kier molecular flexibility index (Phi) is 3.78. The van der Waals surface area contributed by atoms with Gasteiger partial charge in [-0.3, -0.25) is 0 Å². The van der Waals surface area contributed by atoms with E-state index < -0.39 is 0 Å². The Hall–Kier alpha value is 0.310. The molecular formula is C12H23NS. The van der Waals surface area contributed by atoms with Crippen molar-refractivity contribution in [1.82, 2.24) is 5.32 Å². The normalized spacial score (nSPS) is 34.7. The molecule has 3 unspecified atom stereocenters. The molecule has 0 radical (unpaired) electrons. The first-order valence-corrected chi connectivity index (χ1v) is 7.20. The number of rotatable bonds is 5. The van der Waals surface area contributed by atoms with E-state index in [2.05, 4.69) is 30.9 Å². The van der Waals surface area contributed by atoms with Crippen molar-refractivity contribution in [3.8, 4) is 0 Å².